The quantitative estimate of drug-likeness (QED) is 0.938. The number of anilines is 1. The number of nitrogens with one attached hydrogen (secondary N) is 1. The number of hydrogen-bond donors (Lipinski definition) is 1. The van der Waals surface area contributed by atoms with Crippen molar-refractivity contribution >= 4 is 5.82 Å². The van der Waals surface area contributed by atoms with Crippen molar-refractivity contribution in [2.24, 2.45) is 0 Å². The monoisotopic (exact) mass is 282 g/mol. The van der Waals surface area contributed by atoms with E-state index >= 15 is 0 Å². The highest BCUT2D eigenvalue weighted by atomic mass is 15.5. The molecular formula is C17H22N4. The van der Waals surface area contributed by atoms with Gasteiger partial charge in [-0.15, -0.1) is 0 Å². The average molecular weight is 282 g/mol. The SMILES string of the molecule is Cc1ccc(-c2ccc(NN3CCN(C)CC3)nc2)cc1. The van der Waals surface area contributed by atoms with Crippen LogP contribution in [0.3, 0.4) is 0 Å². The summed E-state index contributed by atoms with van der Waals surface area (Å²) in [7, 11) is 2.16. The van der Waals surface area contributed by atoms with Crippen molar-refractivity contribution in [3.05, 3.63) is 48.2 Å². The fourth-order valence-corrected chi connectivity index (χ4v) is 2.46. The lowest BCUT2D eigenvalue weighted by Gasteiger charge is -2.32. The van der Waals surface area contributed by atoms with E-state index in [-0.39, 0.29) is 0 Å². The average Bonchev–Trinajstić information content (AvgIpc) is 2.51. The predicted octanol–water partition coefficient (Wildman–Crippen LogP) is 2.63. The molecule has 0 aliphatic carbocycles. The minimum Gasteiger partial charge on any atom is -0.304 e. The minimum atomic E-state index is 0.912. The van der Waals surface area contributed by atoms with Crippen molar-refractivity contribution in [1.29, 1.82) is 0 Å². The highest BCUT2D eigenvalue weighted by Crippen LogP contribution is 2.20. The third-order valence-corrected chi connectivity index (χ3v) is 3.92. The molecule has 1 aromatic heterocycles. The number of aromatic nitrogens is 1. The van der Waals surface area contributed by atoms with Gasteiger partial charge in [-0.25, -0.2) is 9.99 Å². The van der Waals surface area contributed by atoms with Gasteiger partial charge in [-0.05, 0) is 31.7 Å². The lowest BCUT2D eigenvalue weighted by molar-refractivity contribution is 0.178. The van der Waals surface area contributed by atoms with E-state index in [0.717, 1.165) is 37.6 Å². The fourth-order valence-electron chi connectivity index (χ4n) is 2.46. The van der Waals surface area contributed by atoms with Crippen LogP contribution < -0.4 is 5.43 Å². The molecule has 4 heteroatoms. The molecule has 21 heavy (non-hydrogen) atoms. The summed E-state index contributed by atoms with van der Waals surface area (Å²) in [6, 6.07) is 12.7. The van der Waals surface area contributed by atoms with E-state index in [1.54, 1.807) is 0 Å². The van der Waals surface area contributed by atoms with E-state index < -0.39 is 0 Å². The van der Waals surface area contributed by atoms with Gasteiger partial charge in [-0.1, -0.05) is 29.8 Å². The summed E-state index contributed by atoms with van der Waals surface area (Å²) >= 11 is 0. The molecule has 0 atom stereocenters. The number of hydrazine groups is 1. The molecule has 0 spiro atoms. The van der Waals surface area contributed by atoms with Gasteiger partial charge in [0.25, 0.3) is 0 Å². The second-order valence-electron chi connectivity index (χ2n) is 5.70. The Morgan fingerprint density at radius 3 is 2.19 bits per heavy atom. The molecule has 0 radical (unpaired) electrons. The number of piperazine rings is 1. The molecule has 0 bridgehead atoms. The van der Waals surface area contributed by atoms with Crippen molar-refractivity contribution < 1.29 is 0 Å². The summed E-state index contributed by atoms with van der Waals surface area (Å²) < 4.78 is 0. The highest BCUT2D eigenvalue weighted by Gasteiger charge is 2.13. The van der Waals surface area contributed by atoms with Crippen LogP contribution in [0.4, 0.5) is 5.82 Å². The molecule has 0 saturated carbocycles. The van der Waals surface area contributed by atoms with E-state index in [1.807, 2.05) is 12.3 Å². The Morgan fingerprint density at radius 2 is 1.57 bits per heavy atom. The van der Waals surface area contributed by atoms with Crippen molar-refractivity contribution in [1.82, 2.24) is 14.9 Å². The van der Waals surface area contributed by atoms with Gasteiger partial charge < -0.3 is 10.3 Å². The van der Waals surface area contributed by atoms with Crippen LogP contribution in [0.25, 0.3) is 11.1 Å². The molecule has 2 aromatic rings. The highest BCUT2D eigenvalue weighted by molar-refractivity contribution is 5.63. The first-order valence-electron chi connectivity index (χ1n) is 7.44. The molecule has 1 N–H and O–H groups in total. The number of nitrogens with zero attached hydrogens (tertiary/aromatic N) is 3. The van der Waals surface area contributed by atoms with Gasteiger partial charge >= 0.3 is 0 Å². The van der Waals surface area contributed by atoms with Gasteiger partial charge in [0.15, 0.2) is 0 Å². The normalized spacial score (nSPS) is 16.9. The lowest BCUT2D eigenvalue weighted by Crippen LogP contribution is -2.47. The molecule has 0 amide bonds. The number of rotatable bonds is 3. The van der Waals surface area contributed by atoms with E-state index in [0.29, 0.717) is 0 Å². The Labute approximate surface area is 126 Å². The molecule has 1 aliphatic heterocycles. The van der Waals surface area contributed by atoms with Crippen LogP contribution in [0.1, 0.15) is 5.56 Å². The Bertz CT molecular complexity index is 569. The first-order valence-corrected chi connectivity index (χ1v) is 7.44. The predicted molar refractivity (Wildman–Crippen MR) is 87.1 cm³/mol. The van der Waals surface area contributed by atoms with E-state index in [1.165, 1.54) is 11.1 Å². The molecule has 3 rings (SSSR count). The van der Waals surface area contributed by atoms with Gasteiger partial charge in [0.1, 0.15) is 5.82 Å². The van der Waals surface area contributed by atoms with Crippen molar-refractivity contribution in [2.45, 2.75) is 6.92 Å². The van der Waals surface area contributed by atoms with Crippen molar-refractivity contribution in [3.8, 4) is 11.1 Å². The second-order valence-corrected chi connectivity index (χ2v) is 5.70. The smallest absolute Gasteiger partial charge is 0.140 e. The zero-order valence-corrected chi connectivity index (χ0v) is 12.7. The van der Waals surface area contributed by atoms with Crippen LogP contribution in [0.5, 0.6) is 0 Å². The number of hydrogen-bond acceptors (Lipinski definition) is 4. The van der Waals surface area contributed by atoms with Gasteiger partial charge in [0, 0.05) is 37.9 Å². The van der Waals surface area contributed by atoms with Crippen molar-refractivity contribution in [3.63, 3.8) is 0 Å². The zero-order valence-electron chi connectivity index (χ0n) is 12.7. The summed E-state index contributed by atoms with van der Waals surface area (Å²) in [4.78, 5) is 6.86. The molecule has 110 valence electrons. The number of benzene rings is 1. The molecule has 0 unspecified atom stereocenters. The molecular weight excluding hydrogens is 260 g/mol. The maximum Gasteiger partial charge on any atom is 0.140 e. The maximum atomic E-state index is 4.52. The summed E-state index contributed by atoms with van der Waals surface area (Å²) in [6.07, 6.45) is 1.93. The summed E-state index contributed by atoms with van der Waals surface area (Å²) in [6.45, 7) is 6.34. The van der Waals surface area contributed by atoms with Crippen LogP contribution >= 0.6 is 0 Å². The van der Waals surface area contributed by atoms with Crippen LogP contribution in [0, 0.1) is 6.92 Å². The fraction of sp³-hybridized carbons (Fsp3) is 0.353. The summed E-state index contributed by atoms with van der Waals surface area (Å²) in [5.74, 6) is 0.912. The Kier molecular flexibility index (Phi) is 4.18. The topological polar surface area (TPSA) is 31.4 Å². The third kappa shape index (κ3) is 3.60. The molecule has 1 fully saturated rings. The zero-order chi connectivity index (χ0) is 14.7. The van der Waals surface area contributed by atoms with Gasteiger partial charge in [0.05, 0.1) is 0 Å². The van der Waals surface area contributed by atoms with Gasteiger partial charge in [-0.2, -0.15) is 0 Å². The molecule has 4 nitrogen and oxygen atoms in total. The third-order valence-electron chi connectivity index (χ3n) is 3.92. The number of likely N-dealkylation sites (N-methyl/N-ethyl adjacent to an activating group) is 1. The van der Waals surface area contributed by atoms with Crippen LogP contribution in [-0.4, -0.2) is 48.1 Å². The van der Waals surface area contributed by atoms with Gasteiger partial charge in [-0.3, -0.25) is 0 Å². The number of pyridine rings is 1. The molecule has 2 heterocycles. The van der Waals surface area contributed by atoms with E-state index in [4.69, 9.17) is 0 Å². The Morgan fingerprint density at radius 1 is 0.905 bits per heavy atom. The minimum absolute atomic E-state index is 0.912. The van der Waals surface area contributed by atoms with E-state index in [9.17, 15) is 0 Å². The second kappa shape index (κ2) is 6.24. The Balaban J connectivity index is 1.65. The van der Waals surface area contributed by atoms with Crippen LogP contribution in [0.15, 0.2) is 42.6 Å². The molecule has 1 saturated heterocycles. The number of aryl methyl sites for hydroxylation is 1. The summed E-state index contributed by atoms with van der Waals surface area (Å²) in [5.41, 5.74) is 7.02. The molecule has 1 aliphatic rings. The first kappa shape index (κ1) is 14.0. The first-order chi connectivity index (χ1) is 10.2. The van der Waals surface area contributed by atoms with E-state index in [2.05, 4.69) is 64.6 Å². The largest absolute Gasteiger partial charge is 0.304 e. The van der Waals surface area contributed by atoms with Crippen LogP contribution in [0.2, 0.25) is 0 Å². The standard InChI is InChI=1S/C17H22N4/c1-14-3-5-15(6-4-14)16-7-8-17(18-13-16)19-21-11-9-20(2)10-12-21/h3-8,13H,9-12H2,1-2H3,(H,18,19). The Hall–Kier alpha value is -1.91. The molecule has 1 aromatic carbocycles. The van der Waals surface area contributed by atoms with Gasteiger partial charge in [0.2, 0.25) is 0 Å². The van der Waals surface area contributed by atoms with Crippen LogP contribution in [-0.2, 0) is 0 Å². The maximum absolute atomic E-state index is 4.52. The van der Waals surface area contributed by atoms with Crippen molar-refractivity contribution in [2.75, 3.05) is 38.7 Å². The lowest BCUT2D eigenvalue weighted by atomic mass is 10.1. The summed E-state index contributed by atoms with van der Waals surface area (Å²) in [5, 5.41) is 2.23.